The molecule has 0 heterocycles. The summed E-state index contributed by atoms with van der Waals surface area (Å²) in [5.74, 6) is 0.924. The molecule has 0 aliphatic heterocycles. The maximum Gasteiger partial charge on any atom is 0.224 e. The van der Waals surface area contributed by atoms with E-state index in [0.717, 1.165) is 30.7 Å². The fourth-order valence-corrected chi connectivity index (χ4v) is 3.06. The van der Waals surface area contributed by atoms with Gasteiger partial charge < -0.3 is 10.1 Å². The quantitative estimate of drug-likeness (QED) is 0.318. The highest BCUT2D eigenvalue weighted by atomic mass is 16.5. The van der Waals surface area contributed by atoms with Crippen LogP contribution < -0.4 is 10.1 Å². The van der Waals surface area contributed by atoms with Gasteiger partial charge in [0.1, 0.15) is 5.75 Å². The molecule has 1 aromatic carbocycles. The summed E-state index contributed by atoms with van der Waals surface area (Å²) in [4.78, 5) is 12.0. The first-order valence-electron chi connectivity index (χ1n) is 10.8. The molecule has 0 fully saturated rings. The standard InChI is InChI=1S/C23H39NO2/c1-3-5-6-7-8-9-10-11-12-13-14-18-23(25)24-21-16-15-17-22(20-21)26-19-4-2/h15-17,20H,3-14,18-19H2,1-2H3,(H,24,25). The number of nitrogens with one attached hydrogen (secondary N) is 1. The van der Waals surface area contributed by atoms with Crippen molar-refractivity contribution in [3.05, 3.63) is 24.3 Å². The van der Waals surface area contributed by atoms with E-state index in [1.807, 2.05) is 24.3 Å². The topological polar surface area (TPSA) is 38.3 Å². The molecule has 0 aliphatic carbocycles. The zero-order valence-corrected chi connectivity index (χ0v) is 17.0. The van der Waals surface area contributed by atoms with Gasteiger partial charge in [0, 0.05) is 18.2 Å². The highest BCUT2D eigenvalue weighted by molar-refractivity contribution is 5.90. The van der Waals surface area contributed by atoms with E-state index in [9.17, 15) is 4.79 Å². The summed E-state index contributed by atoms with van der Waals surface area (Å²) in [7, 11) is 0. The Bertz CT molecular complexity index is 473. The van der Waals surface area contributed by atoms with E-state index >= 15 is 0 Å². The van der Waals surface area contributed by atoms with Crippen LogP contribution in [0.3, 0.4) is 0 Å². The van der Waals surface area contributed by atoms with Crippen molar-refractivity contribution in [2.24, 2.45) is 0 Å². The van der Waals surface area contributed by atoms with Crippen molar-refractivity contribution in [3.8, 4) is 5.75 Å². The number of carbonyl (C=O) groups excluding carboxylic acids is 1. The fourth-order valence-electron chi connectivity index (χ4n) is 3.06. The van der Waals surface area contributed by atoms with E-state index in [0.29, 0.717) is 13.0 Å². The zero-order valence-electron chi connectivity index (χ0n) is 17.0. The van der Waals surface area contributed by atoms with Crippen LogP contribution in [0.15, 0.2) is 24.3 Å². The van der Waals surface area contributed by atoms with Crippen LogP contribution in [0.25, 0.3) is 0 Å². The first-order valence-corrected chi connectivity index (χ1v) is 10.8. The zero-order chi connectivity index (χ0) is 18.9. The summed E-state index contributed by atoms with van der Waals surface area (Å²) in [6.45, 7) is 5.05. The summed E-state index contributed by atoms with van der Waals surface area (Å²) in [5.41, 5.74) is 0.826. The van der Waals surface area contributed by atoms with Crippen LogP contribution in [0, 0.1) is 0 Å². The van der Waals surface area contributed by atoms with E-state index < -0.39 is 0 Å². The molecule has 26 heavy (non-hydrogen) atoms. The number of benzene rings is 1. The predicted molar refractivity (Wildman–Crippen MR) is 112 cm³/mol. The number of unbranched alkanes of at least 4 members (excludes halogenated alkanes) is 10. The molecule has 0 saturated carbocycles. The lowest BCUT2D eigenvalue weighted by atomic mass is 10.1. The van der Waals surface area contributed by atoms with Crippen LogP contribution in [0.4, 0.5) is 5.69 Å². The second-order valence-electron chi connectivity index (χ2n) is 7.21. The Balaban J connectivity index is 2.01. The average molecular weight is 362 g/mol. The molecule has 1 aromatic rings. The molecule has 0 saturated heterocycles. The molecule has 0 spiro atoms. The molecule has 0 bridgehead atoms. The van der Waals surface area contributed by atoms with E-state index in [1.165, 1.54) is 57.8 Å². The molecular formula is C23H39NO2. The van der Waals surface area contributed by atoms with Gasteiger partial charge in [-0.15, -0.1) is 0 Å². The van der Waals surface area contributed by atoms with Gasteiger partial charge in [0.2, 0.25) is 5.91 Å². The fraction of sp³-hybridized carbons (Fsp3) is 0.696. The molecule has 3 nitrogen and oxygen atoms in total. The lowest BCUT2D eigenvalue weighted by molar-refractivity contribution is -0.116. The van der Waals surface area contributed by atoms with E-state index in [4.69, 9.17) is 4.74 Å². The molecular weight excluding hydrogens is 322 g/mol. The lowest BCUT2D eigenvalue weighted by Gasteiger charge is -2.08. The highest BCUT2D eigenvalue weighted by Gasteiger charge is 2.03. The average Bonchev–Trinajstić information content (AvgIpc) is 2.64. The molecule has 1 rings (SSSR count). The number of carbonyl (C=O) groups is 1. The molecule has 1 N–H and O–H groups in total. The van der Waals surface area contributed by atoms with Gasteiger partial charge in [0.05, 0.1) is 6.61 Å². The summed E-state index contributed by atoms with van der Waals surface area (Å²) in [6.07, 6.45) is 15.9. The number of ether oxygens (including phenoxy) is 1. The Morgan fingerprint density at radius 3 is 2.08 bits per heavy atom. The molecule has 3 heteroatoms. The van der Waals surface area contributed by atoms with Crippen molar-refractivity contribution < 1.29 is 9.53 Å². The second kappa shape index (κ2) is 15.7. The SMILES string of the molecule is CCCCCCCCCCCCCC(=O)Nc1cccc(OCCC)c1. The van der Waals surface area contributed by atoms with Crippen LogP contribution in [0.5, 0.6) is 5.75 Å². The summed E-state index contributed by atoms with van der Waals surface area (Å²) in [6, 6.07) is 7.66. The van der Waals surface area contributed by atoms with Gasteiger partial charge in [0.15, 0.2) is 0 Å². The highest BCUT2D eigenvalue weighted by Crippen LogP contribution is 2.18. The van der Waals surface area contributed by atoms with Crippen molar-refractivity contribution in [2.45, 2.75) is 97.3 Å². The minimum Gasteiger partial charge on any atom is -0.494 e. The van der Waals surface area contributed by atoms with Crippen molar-refractivity contribution in [2.75, 3.05) is 11.9 Å². The normalized spacial score (nSPS) is 10.7. The van der Waals surface area contributed by atoms with Crippen LogP contribution in [-0.4, -0.2) is 12.5 Å². The largest absolute Gasteiger partial charge is 0.494 e. The summed E-state index contributed by atoms with van der Waals surface area (Å²) < 4.78 is 5.60. The third kappa shape index (κ3) is 11.9. The first kappa shape index (κ1) is 22.5. The number of rotatable bonds is 16. The molecule has 0 unspecified atom stereocenters. The van der Waals surface area contributed by atoms with Crippen LogP contribution in [-0.2, 0) is 4.79 Å². The van der Waals surface area contributed by atoms with Gasteiger partial charge in [-0.25, -0.2) is 0 Å². The Morgan fingerprint density at radius 1 is 0.846 bits per heavy atom. The lowest BCUT2D eigenvalue weighted by Crippen LogP contribution is -2.11. The van der Waals surface area contributed by atoms with Gasteiger partial charge >= 0.3 is 0 Å². The second-order valence-corrected chi connectivity index (χ2v) is 7.21. The minimum absolute atomic E-state index is 0.105. The van der Waals surface area contributed by atoms with Crippen LogP contribution in [0.2, 0.25) is 0 Å². The van der Waals surface area contributed by atoms with Crippen LogP contribution >= 0.6 is 0 Å². The third-order valence-corrected chi connectivity index (χ3v) is 4.60. The molecule has 148 valence electrons. The number of anilines is 1. The smallest absolute Gasteiger partial charge is 0.224 e. The number of amides is 1. The number of hydrogen-bond donors (Lipinski definition) is 1. The van der Waals surface area contributed by atoms with Gasteiger partial charge in [-0.1, -0.05) is 84.1 Å². The first-order chi connectivity index (χ1) is 12.8. The molecule has 0 atom stereocenters. The Kier molecular flexibility index (Phi) is 13.6. The van der Waals surface area contributed by atoms with Gasteiger partial charge in [0.25, 0.3) is 0 Å². The molecule has 0 radical (unpaired) electrons. The molecule has 1 amide bonds. The van der Waals surface area contributed by atoms with Crippen molar-refractivity contribution in [3.63, 3.8) is 0 Å². The van der Waals surface area contributed by atoms with Gasteiger partial charge in [-0.2, -0.15) is 0 Å². The summed E-state index contributed by atoms with van der Waals surface area (Å²) >= 11 is 0. The van der Waals surface area contributed by atoms with Crippen molar-refractivity contribution in [1.29, 1.82) is 0 Å². The Labute approximate surface area is 160 Å². The predicted octanol–water partition coefficient (Wildman–Crippen LogP) is 7.12. The molecule has 0 aromatic heterocycles. The van der Waals surface area contributed by atoms with Gasteiger partial charge in [-0.3, -0.25) is 4.79 Å². The Hall–Kier alpha value is -1.51. The molecule has 0 aliphatic rings. The van der Waals surface area contributed by atoms with Crippen LogP contribution in [0.1, 0.15) is 97.3 Å². The van der Waals surface area contributed by atoms with E-state index in [-0.39, 0.29) is 5.91 Å². The Morgan fingerprint density at radius 2 is 1.46 bits per heavy atom. The number of hydrogen-bond acceptors (Lipinski definition) is 2. The minimum atomic E-state index is 0.105. The van der Waals surface area contributed by atoms with Crippen molar-refractivity contribution >= 4 is 11.6 Å². The third-order valence-electron chi connectivity index (χ3n) is 4.60. The van der Waals surface area contributed by atoms with E-state index in [1.54, 1.807) is 0 Å². The van der Waals surface area contributed by atoms with E-state index in [2.05, 4.69) is 19.2 Å². The summed E-state index contributed by atoms with van der Waals surface area (Å²) in [5, 5.41) is 2.98. The van der Waals surface area contributed by atoms with Crippen molar-refractivity contribution in [1.82, 2.24) is 0 Å². The maximum absolute atomic E-state index is 12.0. The maximum atomic E-state index is 12.0. The monoisotopic (exact) mass is 361 g/mol. The van der Waals surface area contributed by atoms with Gasteiger partial charge in [-0.05, 0) is 25.0 Å².